The van der Waals surface area contributed by atoms with E-state index in [1.54, 1.807) is 32.0 Å². The van der Waals surface area contributed by atoms with Crippen LogP contribution < -0.4 is 5.73 Å². The normalized spacial score (nSPS) is 9.73. The number of halogens is 1. The third-order valence-corrected chi connectivity index (χ3v) is 3.95. The van der Waals surface area contributed by atoms with Crippen LogP contribution in [0.3, 0.4) is 0 Å². The third-order valence-electron chi connectivity index (χ3n) is 3.45. The average molecular weight is 422 g/mol. The first-order chi connectivity index (χ1) is 12.3. The zero-order chi connectivity index (χ0) is 19.7. The number of rotatable bonds is 4. The van der Waals surface area contributed by atoms with Crippen LogP contribution in [0.15, 0.2) is 40.9 Å². The van der Waals surface area contributed by atoms with Gasteiger partial charge in [0.15, 0.2) is 0 Å². The van der Waals surface area contributed by atoms with Gasteiger partial charge in [-0.2, -0.15) is 0 Å². The van der Waals surface area contributed by atoms with Gasteiger partial charge in [-0.1, -0.05) is 28.1 Å². The van der Waals surface area contributed by atoms with Gasteiger partial charge in [0, 0.05) is 10.2 Å². The first-order valence-electron chi connectivity index (χ1n) is 8.26. The van der Waals surface area contributed by atoms with Crippen molar-refractivity contribution in [2.75, 3.05) is 18.9 Å². The molecule has 0 atom stereocenters. The number of nitrogens with two attached hydrogens (primary N) is 1. The maximum atomic E-state index is 11.4. The Kier molecular flexibility index (Phi) is 8.85. The SMILES string of the molecule is CCOC(=O)c1cc(Br)ccc1C.CCOC(=O)c1cc(N)ccc1C. The fraction of sp³-hybridized carbons (Fsp3) is 0.300. The van der Waals surface area contributed by atoms with Crippen LogP contribution >= 0.6 is 15.9 Å². The Balaban J connectivity index is 0.000000260. The molecular formula is C20H24BrNO4. The number of hydrogen-bond donors (Lipinski definition) is 1. The lowest BCUT2D eigenvalue weighted by atomic mass is 10.1. The lowest BCUT2D eigenvalue weighted by Crippen LogP contribution is -2.07. The molecule has 0 aromatic heterocycles. The van der Waals surface area contributed by atoms with E-state index in [0.29, 0.717) is 30.0 Å². The fourth-order valence-corrected chi connectivity index (χ4v) is 2.45. The number of ether oxygens (including phenoxy) is 2. The molecule has 2 rings (SSSR count). The Labute approximate surface area is 162 Å². The molecule has 0 radical (unpaired) electrons. The third kappa shape index (κ3) is 6.52. The largest absolute Gasteiger partial charge is 0.462 e. The van der Waals surface area contributed by atoms with Gasteiger partial charge in [-0.3, -0.25) is 0 Å². The van der Waals surface area contributed by atoms with Gasteiger partial charge in [0.2, 0.25) is 0 Å². The Bertz CT molecular complexity index is 709. The number of carbonyl (C=O) groups is 2. The Hall–Kier alpha value is -2.34. The van der Waals surface area contributed by atoms with E-state index in [-0.39, 0.29) is 11.9 Å². The molecule has 0 saturated carbocycles. The molecule has 5 nitrogen and oxygen atoms in total. The second-order valence-corrected chi connectivity index (χ2v) is 6.39. The number of carbonyl (C=O) groups excluding carboxylic acids is 2. The number of aryl methyl sites for hydroxylation is 2. The highest BCUT2D eigenvalue weighted by Crippen LogP contribution is 2.16. The van der Waals surface area contributed by atoms with E-state index in [0.717, 1.165) is 15.6 Å². The number of nitrogen functional groups attached to an aromatic ring is 1. The average Bonchev–Trinajstić information content (AvgIpc) is 2.60. The summed E-state index contributed by atoms with van der Waals surface area (Å²) in [5, 5.41) is 0. The molecule has 0 amide bonds. The zero-order valence-corrected chi connectivity index (χ0v) is 17.1. The van der Waals surface area contributed by atoms with Gasteiger partial charge in [0.25, 0.3) is 0 Å². The minimum Gasteiger partial charge on any atom is -0.462 e. The number of benzene rings is 2. The quantitative estimate of drug-likeness (QED) is 0.572. The lowest BCUT2D eigenvalue weighted by molar-refractivity contribution is 0.0516. The molecule has 2 N–H and O–H groups in total. The molecule has 0 saturated heterocycles. The van der Waals surface area contributed by atoms with Crippen molar-refractivity contribution in [2.24, 2.45) is 0 Å². The zero-order valence-electron chi connectivity index (χ0n) is 15.5. The van der Waals surface area contributed by atoms with E-state index < -0.39 is 0 Å². The summed E-state index contributed by atoms with van der Waals surface area (Å²) in [6, 6.07) is 10.8. The van der Waals surface area contributed by atoms with Crippen molar-refractivity contribution in [2.45, 2.75) is 27.7 Å². The molecule has 0 spiro atoms. The van der Waals surface area contributed by atoms with E-state index >= 15 is 0 Å². The van der Waals surface area contributed by atoms with Crippen LogP contribution in [-0.2, 0) is 9.47 Å². The number of anilines is 1. The Morgan fingerprint density at radius 1 is 0.885 bits per heavy atom. The molecule has 2 aromatic rings. The van der Waals surface area contributed by atoms with Crippen LogP contribution in [-0.4, -0.2) is 25.2 Å². The maximum Gasteiger partial charge on any atom is 0.338 e. The van der Waals surface area contributed by atoms with Crippen molar-refractivity contribution >= 4 is 33.6 Å². The summed E-state index contributed by atoms with van der Waals surface area (Å²) in [5.41, 5.74) is 9.11. The predicted octanol–water partition coefficient (Wildman–Crippen LogP) is 4.69. The maximum absolute atomic E-state index is 11.4. The van der Waals surface area contributed by atoms with Gasteiger partial charge in [0.1, 0.15) is 0 Å². The first-order valence-corrected chi connectivity index (χ1v) is 9.05. The minimum absolute atomic E-state index is 0.263. The molecule has 0 aliphatic heterocycles. The highest BCUT2D eigenvalue weighted by Gasteiger charge is 2.10. The number of hydrogen-bond acceptors (Lipinski definition) is 5. The molecule has 0 fully saturated rings. The summed E-state index contributed by atoms with van der Waals surface area (Å²) in [4.78, 5) is 22.7. The second-order valence-electron chi connectivity index (χ2n) is 5.47. The van der Waals surface area contributed by atoms with E-state index in [1.165, 1.54) is 0 Å². The van der Waals surface area contributed by atoms with Crippen LogP contribution in [0.25, 0.3) is 0 Å². The molecule has 0 heterocycles. The fourth-order valence-electron chi connectivity index (χ4n) is 2.09. The van der Waals surface area contributed by atoms with Gasteiger partial charge in [-0.15, -0.1) is 0 Å². The molecule has 0 bridgehead atoms. The number of esters is 2. The summed E-state index contributed by atoms with van der Waals surface area (Å²) in [6.07, 6.45) is 0. The second kappa shape index (κ2) is 10.6. The molecule has 140 valence electrons. The van der Waals surface area contributed by atoms with E-state index in [9.17, 15) is 9.59 Å². The van der Waals surface area contributed by atoms with Crippen LogP contribution in [0.5, 0.6) is 0 Å². The summed E-state index contributed by atoms with van der Waals surface area (Å²) in [7, 11) is 0. The molecule has 6 heteroatoms. The molecule has 0 aliphatic carbocycles. The van der Waals surface area contributed by atoms with Crippen LogP contribution in [0.4, 0.5) is 5.69 Å². The van der Waals surface area contributed by atoms with Crippen molar-refractivity contribution in [3.8, 4) is 0 Å². The molecular weight excluding hydrogens is 398 g/mol. The summed E-state index contributed by atoms with van der Waals surface area (Å²) >= 11 is 3.31. The molecule has 2 aromatic carbocycles. The topological polar surface area (TPSA) is 78.6 Å². The van der Waals surface area contributed by atoms with E-state index in [4.69, 9.17) is 15.2 Å². The van der Waals surface area contributed by atoms with Crippen LogP contribution in [0.1, 0.15) is 45.7 Å². The molecule has 0 aliphatic rings. The standard InChI is InChI=1S/C10H11BrO2.C10H13NO2/c2*1-3-13-10(12)9-6-8(11)5-4-7(9)2/h4-6H,3H2,1-2H3;4-6H,3,11H2,1-2H3. The van der Waals surface area contributed by atoms with Gasteiger partial charge >= 0.3 is 11.9 Å². The van der Waals surface area contributed by atoms with Crippen LogP contribution in [0, 0.1) is 13.8 Å². The van der Waals surface area contributed by atoms with Gasteiger partial charge in [0.05, 0.1) is 24.3 Å². The van der Waals surface area contributed by atoms with Crippen molar-refractivity contribution in [3.05, 3.63) is 63.1 Å². The Morgan fingerprint density at radius 3 is 1.85 bits per heavy atom. The van der Waals surface area contributed by atoms with Crippen LogP contribution in [0.2, 0.25) is 0 Å². The summed E-state index contributed by atoms with van der Waals surface area (Å²) < 4.78 is 10.7. The van der Waals surface area contributed by atoms with Gasteiger partial charge in [-0.25, -0.2) is 9.59 Å². The van der Waals surface area contributed by atoms with Crippen molar-refractivity contribution in [1.82, 2.24) is 0 Å². The highest BCUT2D eigenvalue weighted by atomic mass is 79.9. The van der Waals surface area contributed by atoms with Gasteiger partial charge < -0.3 is 15.2 Å². The van der Waals surface area contributed by atoms with E-state index in [2.05, 4.69) is 15.9 Å². The monoisotopic (exact) mass is 421 g/mol. The summed E-state index contributed by atoms with van der Waals surface area (Å²) in [6.45, 7) is 8.10. The highest BCUT2D eigenvalue weighted by molar-refractivity contribution is 9.10. The van der Waals surface area contributed by atoms with Crippen molar-refractivity contribution in [3.63, 3.8) is 0 Å². The Morgan fingerprint density at radius 2 is 1.35 bits per heavy atom. The summed E-state index contributed by atoms with van der Waals surface area (Å²) in [5.74, 6) is -0.575. The lowest BCUT2D eigenvalue weighted by Gasteiger charge is -2.05. The molecule has 26 heavy (non-hydrogen) atoms. The first kappa shape index (κ1) is 21.7. The van der Waals surface area contributed by atoms with Crippen molar-refractivity contribution < 1.29 is 19.1 Å². The minimum atomic E-state index is -0.313. The van der Waals surface area contributed by atoms with E-state index in [1.807, 2.05) is 32.0 Å². The molecule has 0 unspecified atom stereocenters. The van der Waals surface area contributed by atoms with Crippen molar-refractivity contribution in [1.29, 1.82) is 0 Å². The predicted molar refractivity (Wildman–Crippen MR) is 106 cm³/mol. The van der Waals surface area contributed by atoms with Gasteiger partial charge in [-0.05, 0) is 63.1 Å². The smallest absolute Gasteiger partial charge is 0.338 e.